The van der Waals surface area contributed by atoms with Gasteiger partial charge in [-0.25, -0.2) is 9.78 Å². The van der Waals surface area contributed by atoms with E-state index in [0.717, 1.165) is 16.6 Å². The summed E-state index contributed by atoms with van der Waals surface area (Å²) >= 11 is 0. The molecule has 0 atom stereocenters. The van der Waals surface area contributed by atoms with Gasteiger partial charge in [0.05, 0.1) is 6.42 Å². The molecule has 0 unspecified atom stereocenters. The normalized spacial score (nSPS) is 10.6. The van der Waals surface area contributed by atoms with E-state index in [9.17, 15) is 18.0 Å². The third kappa shape index (κ3) is 6.20. The van der Waals surface area contributed by atoms with Crippen LogP contribution in [0.3, 0.4) is 0 Å². The summed E-state index contributed by atoms with van der Waals surface area (Å²) in [6, 6.07) is 9.79. The highest BCUT2D eigenvalue weighted by Crippen LogP contribution is 2.20. The van der Waals surface area contributed by atoms with E-state index in [0.29, 0.717) is 6.54 Å². The zero-order valence-corrected chi connectivity index (χ0v) is 11.7. The van der Waals surface area contributed by atoms with Crippen LogP contribution in [-0.4, -0.2) is 39.9 Å². The lowest BCUT2D eigenvalue weighted by Crippen LogP contribution is -2.21. The highest BCUT2D eigenvalue weighted by molar-refractivity contribution is 5.91. The number of aliphatic carboxylic acids is 2. The second-order valence-electron chi connectivity index (χ2n) is 4.25. The predicted octanol–water partition coefficient (Wildman–Crippen LogP) is 2.75. The zero-order valence-electron chi connectivity index (χ0n) is 11.7. The number of rotatable bonds is 4. The summed E-state index contributed by atoms with van der Waals surface area (Å²) in [5.74, 6) is -2.83. The second-order valence-corrected chi connectivity index (χ2v) is 4.25. The molecule has 0 fully saturated rings. The number of nitrogens with one attached hydrogen (secondary N) is 1. The third-order valence-electron chi connectivity index (χ3n) is 2.55. The van der Waals surface area contributed by atoms with Crippen LogP contribution in [0, 0.1) is 0 Å². The zero-order chi connectivity index (χ0) is 17.5. The van der Waals surface area contributed by atoms with E-state index < -0.39 is 18.1 Å². The topological polar surface area (TPSA) is 99.5 Å². The Morgan fingerprint density at radius 1 is 1.13 bits per heavy atom. The fourth-order valence-corrected chi connectivity index (χ4v) is 1.55. The highest BCUT2D eigenvalue weighted by Gasteiger charge is 2.38. The van der Waals surface area contributed by atoms with Crippen molar-refractivity contribution in [1.82, 2.24) is 4.98 Å². The summed E-state index contributed by atoms with van der Waals surface area (Å²) in [5, 5.41) is 20.8. The van der Waals surface area contributed by atoms with Crippen LogP contribution in [0.2, 0.25) is 0 Å². The monoisotopic (exact) mass is 330 g/mol. The molecule has 124 valence electrons. The lowest BCUT2D eigenvalue weighted by atomic mass is 10.1. The summed E-state index contributed by atoms with van der Waals surface area (Å²) < 4.78 is 31.7. The van der Waals surface area contributed by atoms with Gasteiger partial charge in [-0.3, -0.25) is 4.79 Å². The Balaban J connectivity index is 0.000000322. The Bertz CT molecular complexity index is 684. The molecule has 0 spiro atoms. The van der Waals surface area contributed by atoms with Crippen molar-refractivity contribution in [2.24, 2.45) is 0 Å². The number of carbonyl (C=O) groups is 2. The second kappa shape index (κ2) is 7.97. The summed E-state index contributed by atoms with van der Waals surface area (Å²) in [6.45, 7) is 0.385. The smallest absolute Gasteiger partial charge is 0.481 e. The number of carboxylic acid groups (broad SMARTS) is 2. The van der Waals surface area contributed by atoms with Gasteiger partial charge < -0.3 is 15.5 Å². The van der Waals surface area contributed by atoms with Crippen molar-refractivity contribution in [2.75, 3.05) is 11.9 Å². The molecule has 2 aromatic rings. The average Bonchev–Trinajstić information content (AvgIpc) is 2.47. The third-order valence-corrected chi connectivity index (χ3v) is 2.55. The van der Waals surface area contributed by atoms with Crippen molar-refractivity contribution in [3.8, 4) is 0 Å². The number of hydrogen-bond acceptors (Lipinski definition) is 4. The Morgan fingerprint density at radius 3 is 2.30 bits per heavy atom. The minimum absolute atomic E-state index is 0.0882. The van der Waals surface area contributed by atoms with Crippen molar-refractivity contribution < 1.29 is 33.0 Å². The van der Waals surface area contributed by atoms with Crippen molar-refractivity contribution in [2.45, 2.75) is 12.6 Å². The van der Waals surface area contributed by atoms with E-state index >= 15 is 0 Å². The number of pyridine rings is 1. The first-order chi connectivity index (χ1) is 10.7. The quantitative estimate of drug-likeness (QED) is 0.797. The molecule has 0 saturated carbocycles. The number of halogens is 3. The van der Waals surface area contributed by atoms with Crippen LogP contribution < -0.4 is 5.32 Å². The number of fused-ring (bicyclic) bond motifs is 1. The molecule has 6 nitrogen and oxygen atoms in total. The van der Waals surface area contributed by atoms with Crippen LogP contribution in [0.5, 0.6) is 0 Å². The molecule has 0 aliphatic rings. The van der Waals surface area contributed by atoms with Crippen molar-refractivity contribution in [1.29, 1.82) is 0 Å². The molecule has 3 N–H and O–H groups in total. The van der Waals surface area contributed by atoms with Crippen LogP contribution in [-0.2, 0) is 9.59 Å². The molecule has 9 heteroatoms. The van der Waals surface area contributed by atoms with Crippen LogP contribution in [0.15, 0.2) is 36.5 Å². The average molecular weight is 330 g/mol. The number of hydrogen-bond donors (Lipinski definition) is 3. The first-order valence-corrected chi connectivity index (χ1v) is 6.31. The molecular formula is C14H13F3N2O4. The van der Waals surface area contributed by atoms with Gasteiger partial charge in [0, 0.05) is 18.1 Å². The predicted molar refractivity (Wildman–Crippen MR) is 76.2 cm³/mol. The number of anilines is 1. The highest BCUT2D eigenvalue weighted by atomic mass is 19.4. The summed E-state index contributed by atoms with van der Waals surface area (Å²) in [7, 11) is 0. The lowest BCUT2D eigenvalue weighted by molar-refractivity contribution is -0.192. The first-order valence-electron chi connectivity index (χ1n) is 6.31. The van der Waals surface area contributed by atoms with Gasteiger partial charge in [-0.2, -0.15) is 13.2 Å². The van der Waals surface area contributed by atoms with Gasteiger partial charge in [-0.15, -0.1) is 0 Å². The Labute approximate surface area is 128 Å². The van der Waals surface area contributed by atoms with Gasteiger partial charge in [0.2, 0.25) is 0 Å². The number of aromatic nitrogens is 1. The van der Waals surface area contributed by atoms with Crippen LogP contribution in [0.4, 0.5) is 19.0 Å². The summed E-state index contributed by atoms with van der Waals surface area (Å²) in [6.07, 6.45) is -3.28. The van der Waals surface area contributed by atoms with E-state index in [2.05, 4.69) is 10.3 Å². The van der Waals surface area contributed by atoms with E-state index in [1.807, 2.05) is 30.3 Å². The molecule has 0 aliphatic heterocycles. The minimum Gasteiger partial charge on any atom is -0.481 e. The molecule has 1 aromatic heterocycles. The first kappa shape index (κ1) is 18.2. The molecular weight excluding hydrogens is 317 g/mol. The number of nitrogens with zero attached hydrogens (tertiary/aromatic N) is 1. The Kier molecular flexibility index (Phi) is 6.31. The van der Waals surface area contributed by atoms with E-state index in [4.69, 9.17) is 15.0 Å². The van der Waals surface area contributed by atoms with E-state index in [1.165, 1.54) is 0 Å². The molecule has 23 heavy (non-hydrogen) atoms. The minimum atomic E-state index is -5.08. The van der Waals surface area contributed by atoms with Crippen molar-refractivity contribution in [3.05, 3.63) is 36.5 Å². The Hall–Kier alpha value is -2.84. The van der Waals surface area contributed by atoms with E-state index in [1.54, 1.807) is 6.20 Å². The van der Waals surface area contributed by atoms with Crippen molar-refractivity contribution in [3.63, 3.8) is 0 Å². The maximum atomic E-state index is 10.6. The summed E-state index contributed by atoms with van der Waals surface area (Å²) in [4.78, 5) is 23.5. The maximum absolute atomic E-state index is 10.6. The number of benzene rings is 1. The Morgan fingerprint density at radius 2 is 1.74 bits per heavy atom. The van der Waals surface area contributed by atoms with Gasteiger partial charge in [0.25, 0.3) is 0 Å². The molecule has 1 aromatic carbocycles. The molecule has 0 saturated heterocycles. The SMILES string of the molecule is O=C(O)C(F)(F)F.O=C(O)CCNc1nccc2ccccc12. The van der Waals surface area contributed by atoms with Crippen LogP contribution >= 0.6 is 0 Å². The molecule has 1 heterocycles. The van der Waals surface area contributed by atoms with Gasteiger partial charge in [-0.05, 0) is 11.5 Å². The van der Waals surface area contributed by atoms with E-state index in [-0.39, 0.29) is 6.42 Å². The molecule has 2 rings (SSSR count). The number of carboxylic acids is 2. The van der Waals surface area contributed by atoms with Crippen LogP contribution in [0.25, 0.3) is 10.8 Å². The fraction of sp³-hybridized carbons (Fsp3) is 0.214. The van der Waals surface area contributed by atoms with Crippen LogP contribution in [0.1, 0.15) is 6.42 Å². The molecule has 0 bridgehead atoms. The number of alkyl halides is 3. The largest absolute Gasteiger partial charge is 0.490 e. The maximum Gasteiger partial charge on any atom is 0.490 e. The molecule has 0 amide bonds. The van der Waals surface area contributed by atoms with Gasteiger partial charge in [-0.1, -0.05) is 24.3 Å². The molecule has 0 aliphatic carbocycles. The summed E-state index contributed by atoms with van der Waals surface area (Å²) in [5.41, 5.74) is 0. The van der Waals surface area contributed by atoms with Gasteiger partial charge in [0.15, 0.2) is 0 Å². The standard InChI is InChI=1S/C12H12N2O2.C2HF3O2/c15-11(16)6-8-14-12-10-4-2-1-3-9(10)5-7-13-12;3-2(4,5)1(6)7/h1-5,7H,6,8H2,(H,13,14)(H,15,16);(H,6,7). The fourth-order valence-electron chi connectivity index (χ4n) is 1.55. The molecule has 0 radical (unpaired) electrons. The lowest BCUT2D eigenvalue weighted by Gasteiger charge is -2.06. The van der Waals surface area contributed by atoms with Crippen molar-refractivity contribution >= 4 is 28.5 Å². The van der Waals surface area contributed by atoms with Gasteiger partial charge >= 0.3 is 18.1 Å². The van der Waals surface area contributed by atoms with Gasteiger partial charge in [0.1, 0.15) is 5.82 Å².